The molecule has 0 amide bonds. The maximum atomic E-state index is 11.8. The Morgan fingerprint density at radius 3 is 2.56 bits per heavy atom. The molecule has 0 atom stereocenters. The number of nitrogens with zero attached hydrogens (tertiary/aromatic N) is 1. The van der Waals surface area contributed by atoms with Gasteiger partial charge in [0.25, 0.3) is 0 Å². The fourth-order valence-corrected chi connectivity index (χ4v) is 1.61. The summed E-state index contributed by atoms with van der Waals surface area (Å²) in [4.78, 5) is 16.0. The van der Waals surface area contributed by atoms with Crippen LogP contribution >= 0.6 is 0 Å². The summed E-state index contributed by atoms with van der Waals surface area (Å²) in [6.07, 6.45) is 0.804. The summed E-state index contributed by atoms with van der Waals surface area (Å²) in [6.45, 7) is 9.63. The minimum Gasteiger partial charge on any atom is -0.485 e. The molecule has 1 rings (SSSR count). The van der Waals surface area contributed by atoms with Gasteiger partial charge >= 0.3 is 0 Å². The molecule has 4 heteroatoms. The third kappa shape index (κ3) is 3.45. The Hall–Kier alpha value is -1.58. The summed E-state index contributed by atoms with van der Waals surface area (Å²) >= 11 is 0. The van der Waals surface area contributed by atoms with Crippen LogP contribution in [0.5, 0.6) is 5.75 Å². The van der Waals surface area contributed by atoms with Crippen LogP contribution in [0.2, 0.25) is 0 Å². The van der Waals surface area contributed by atoms with Crippen LogP contribution in [0.3, 0.4) is 0 Å². The van der Waals surface area contributed by atoms with Gasteiger partial charge in [-0.3, -0.25) is 4.79 Å². The molecule has 0 spiro atoms. The van der Waals surface area contributed by atoms with Gasteiger partial charge in [0.15, 0.2) is 5.78 Å². The van der Waals surface area contributed by atoms with E-state index in [1.54, 1.807) is 6.07 Å². The van der Waals surface area contributed by atoms with Crippen LogP contribution in [0.15, 0.2) is 6.07 Å². The van der Waals surface area contributed by atoms with E-state index in [0.717, 1.165) is 17.7 Å². The first-order chi connectivity index (χ1) is 8.25. The predicted octanol–water partition coefficient (Wildman–Crippen LogP) is 2.53. The highest BCUT2D eigenvalue weighted by molar-refractivity contribution is 5.85. The average Bonchev–Trinajstić information content (AvgIpc) is 2.23. The fourth-order valence-electron chi connectivity index (χ4n) is 1.61. The quantitative estimate of drug-likeness (QED) is 0.891. The van der Waals surface area contributed by atoms with Gasteiger partial charge in [-0.1, -0.05) is 27.7 Å². The lowest BCUT2D eigenvalue weighted by Gasteiger charge is -2.18. The lowest BCUT2D eigenvalue weighted by Crippen LogP contribution is -2.26. The van der Waals surface area contributed by atoms with Gasteiger partial charge in [-0.25, -0.2) is 4.98 Å². The van der Waals surface area contributed by atoms with E-state index in [1.807, 2.05) is 34.6 Å². The molecule has 100 valence electrons. The van der Waals surface area contributed by atoms with E-state index >= 15 is 0 Å². The molecule has 0 aliphatic rings. The molecule has 0 saturated heterocycles. The molecule has 0 aliphatic carbocycles. The zero-order valence-corrected chi connectivity index (χ0v) is 11.8. The largest absolute Gasteiger partial charge is 0.485 e. The zero-order chi connectivity index (χ0) is 13.9. The number of pyridine rings is 1. The highest BCUT2D eigenvalue weighted by atomic mass is 16.5. The molecule has 0 unspecified atom stereocenters. The Morgan fingerprint density at radius 2 is 2.06 bits per heavy atom. The molecule has 0 saturated carbocycles. The lowest BCUT2D eigenvalue weighted by molar-refractivity contribution is -0.128. The smallest absolute Gasteiger partial charge is 0.175 e. The number of nitrogens with two attached hydrogens (primary N) is 1. The van der Waals surface area contributed by atoms with Crippen molar-refractivity contribution >= 4 is 11.6 Å². The Labute approximate surface area is 109 Å². The van der Waals surface area contributed by atoms with E-state index in [1.165, 1.54) is 0 Å². The van der Waals surface area contributed by atoms with Crippen LogP contribution in [-0.4, -0.2) is 17.4 Å². The van der Waals surface area contributed by atoms with Gasteiger partial charge in [-0.05, 0) is 13.3 Å². The number of hydrogen-bond donors (Lipinski definition) is 1. The molecule has 0 fully saturated rings. The molecule has 0 aliphatic heterocycles. The highest BCUT2D eigenvalue weighted by Gasteiger charge is 2.22. The molecule has 1 aromatic heterocycles. The van der Waals surface area contributed by atoms with Gasteiger partial charge in [-0.15, -0.1) is 0 Å². The molecular formula is C14H22N2O2. The number of ether oxygens (including phenoxy) is 1. The van der Waals surface area contributed by atoms with Gasteiger partial charge in [0.05, 0.1) is 0 Å². The molecular weight excluding hydrogens is 228 g/mol. The highest BCUT2D eigenvalue weighted by Crippen LogP contribution is 2.25. The van der Waals surface area contributed by atoms with E-state index in [9.17, 15) is 4.79 Å². The summed E-state index contributed by atoms with van der Waals surface area (Å²) in [5, 5.41) is 0. The van der Waals surface area contributed by atoms with Crippen molar-refractivity contribution in [2.24, 2.45) is 5.41 Å². The molecule has 2 N–H and O–H groups in total. The summed E-state index contributed by atoms with van der Waals surface area (Å²) in [5.41, 5.74) is 7.17. The van der Waals surface area contributed by atoms with Crippen LogP contribution in [-0.2, 0) is 11.2 Å². The molecule has 18 heavy (non-hydrogen) atoms. The third-order valence-electron chi connectivity index (χ3n) is 2.86. The van der Waals surface area contributed by atoms with Crippen molar-refractivity contribution in [2.45, 2.75) is 41.0 Å². The maximum Gasteiger partial charge on any atom is 0.175 e. The van der Waals surface area contributed by atoms with Gasteiger partial charge in [0.1, 0.15) is 18.2 Å². The van der Waals surface area contributed by atoms with Gasteiger partial charge in [0, 0.05) is 22.7 Å². The van der Waals surface area contributed by atoms with Crippen LogP contribution in [0, 0.1) is 12.3 Å². The first-order valence-corrected chi connectivity index (χ1v) is 6.17. The number of aromatic nitrogens is 1. The number of ketones is 1. The Bertz CT molecular complexity index is 448. The SMILES string of the molecule is CCc1c(OCC(=O)C(C)(C)C)cc(N)nc1C. The summed E-state index contributed by atoms with van der Waals surface area (Å²) in [6, 6.07) is 1.68. The number of hydrogen-bond acceptors (Lipinski definition) is 4. The molecule has 0 aromatic carbocycles. The van der Waals surface area contributed by atoms with E-state index in [-0.39, 0.29) is 17.8 Å². The second-order valence-corrected chi connectivity index (χ2v) is 5.42. The fraction of sp³-hybridized carbons (Fsp3) is 0.571. The zero-order valence-electron chi connectivity index (χ0n) is 11.8. The topological polar surface area (TPSA) is 65.2 Å². The van der Waals surface area contributed by atoms with Crippen LogP contribution in [0.1, 0.15) is 39.0 Å². The number of Topliss-reactive ketones (excluding diaryl/α,β-unsaturated/α-hetero) is 1. The number of rotatable bonds is 4. The first kappa shape index (κ1) is 14.5. The van der Waals surface area contributed by atoms with Gasteiger partial charge in [0.2, 0.25) is 0 Å². The second-order valence-electron chi connectivity index (χ2n) is 5.42. The number of aryl methyl sites for hydroxylation is 1. The summed E-state index contributed by atoms with van der Waals surface area (Å²) in [7, 11) is 0. The van der Waals surface area contributed by atoms with E-state index in [0.29, 0.717) is 11.6 Å². The summed E-state index contributed by atoms with van der Waals surface area (Å²) < 4.78 is 5.61. The van der Waals surface area contributed by atoms with Crippen molar-refractivity contribution < 1.29 is 9.53 Å². The van der Waals surface area contributed by atoms with Crippen molar-refractivity contribution in [3.63, 3.8) is 0 Å². The van der Waals surface area contributed by atoms with Crippen LogP contribution in [0.4, 0.5) is 5.82 Å². The van der Waals surface area contributed by atoms with Crippen molar-refractivity contribution in [1.29, 1.82) is 0 Å². The normalized spacial score (nSPS) is 11.4. The Morgan fingerprint density at radius 1 is 1.44 bits per heavy atom. The van der Waals surface area contributed by atoms with Gasteiger partial charge < -0.3 is 10.5 Å². The van der Waals surface area contributed by atoms with Crippen LogP contribution in [0.25, 0.3) is 0 Å². The predicted molar refractivity (Wildman–Crippen MR) is 72.7 cm³/mol. The Kier molecular flexibility index (Phi) is 4.33. The Balaban J connectivity index is 2.88. The van der Waals surface area contributed by atoms with Crippen molar-refractivity contribution in [1.82, 2.24) is 4.98 Å². The number of carbonyl (C=O) groups is 1. The van der Waals surface area contributed by atoms with E-state index in [2.05, 4.69) is 4.98 Å². The van der Waals surface area contributed by atoms with Crippen molar-refractivity contribution in [2.75, 3.05) is 12.3 Å². The number of anilines is 1. The van der Waals surface area contributed by atoms with Crippen molar-refractivity contribution in [3.05, 3.63) is 17.3 Å². The molecule has 0 radical (unpaired) electrons. The van der Waals surface area contributed by atoms with E-state index < -0.39 is 0 Å². The minimum absolute atomic E-state index is 0.0672. The molecule has 1 heterocycles. The van der Waals surface area contributed by atoms with Gasteiger partial charge in [-0.2, -0.15) is 0 Å². The number of carbonyl (C=O) groups excluding carboxylic acids is 1. The maximum absolute atomic E-state index is 11.8. The third-order valence-corrected chi connectivity index (χ3v) is 2.86. The monoisotopic (exact) mass is 250 g/mol. The molecule has 4 nitrogen and oxygen atoms in total. The second kappa shape index (κ2) is 5.38. The lowest BCUT2D eigenvalue weighted by atomic mass is 9.91. The molecule has 1 aromatic rings. The van der Waals surface area contributed by atoms with Crippen molar-refractivity contribution in [3.8, 4) is 5.75 Å². The van der Waals surface area contributed by atoms with E-state index in [4.69, 9.17) is 10.5 Å². The molecule has 0 bridgehead atoms. The standard InChI is InChI=1S/C14H22N2O2/c1-6-10-9(2)16-13(15)7-11(10)18-8-12(17)14(3,4)5/h7H,6,8H2,1-5H3,(H2,15,16). The average molecular weight is 250 g/mol. The first-order valence-electron chi connectivity index (χ1n) is 6.17. The summed E-state index contributed by atoms with van der Waals surface area (Å²) in [5.74, 6) is 1.15. The number of nitrogen functional groups attached to an aromatic ring is 1. The minimum atomic E-state index is -0.389. The van der Waals surface area contributed by atoms with Crippen LogP contribution < -0.4 is 10.5 Å².